The standard InChI is InChI=1S/C20H19F3N4O/c1-26-2-4-27(5-3-26)19(28)15-6-13(9-24-11-15)17-8-16(20(21,22)23)7-14-10-25-12-18(14)17/h6-9,11-12H,2-5,10H2,1H3. The van der Waals surface area contributed by atoms with E-state index < -0.39 is 11.7 Å². The lowest BCUT2D eigenvalue weighted by Crippen LogP contribution is -2.47. The van der Waals surface area contributed by atoms with Crippen LogP contribution in [0.4, 0.5) is 13.2 Å². The topological polar surface area (TPSA) is 48.8 Å². The molecule has 2 aliphatic heterocycles. The number of fused-ring (bicyclic) bond motifs is 1. The van der Waals surface area contributed by atoms with E-state index in [9.17, 15) is 18.0 Å². The van der Waals surface area contributed by atoms with Crippen LogP contribution in [0.3, 0.4) is 0 Å². The van der Waals surface area contributed by atoms with E-state index in [0.29, 0.717) is 40.9 Å². The largest absolute Gasteiger partial charge is 0.416 e. The molecule has 2 aliphatic rings. The summed E-state index contributed by atoms with van der Waals surface area (Å²) in [6.07, 6.45) is 0.0849. The van der Waals surface area contributed by atoms with Gasteiger partial charge < -0.3 is 9.80 Å². The molecule has 1 aromatic carbocycles. The summed E-state index contributed by atoms with van der Waals surface area (Å²) in [5.74, 6) is -0.153. The first kappa shape index (κ1) is 18.6. The number of carbonyl (C=O) groups excluding carboxylic acids is 1. The summed E-state index contributed by atoms with van der Waals surface area (Å²) in [6, 6.07) is 3.87. The molecule has 3 heterocycles. The molecule has 1 saturated heterocycles. The molecule has 5 nitrogen and oxygen atoms in total. The van der Waals surface area contributed by atoms with Gasteiger partial charge >= 0.3 is 6.18 Å². The highest BCUT2D eigenvalue weighted by Gasteiger charge is 2.33. The second kappa shape index (κ2) is 7.01. The van der Waals surface area contributed by atoms with Gasteiger partial charge in [-0.05, 0) is 36.4 Å². The van der Waals surface area contributed by atoms with Crippen molar-refractivity contribution < 1.29 is 18.0 Å². The van der Waals surface area contributed by atoms with E-state index in [-0.39, 0.29) is 12.5 Å². The summed E-state index contributed by atoms with van der Waals surface area (Å²) in [7, 11) is 2.00. The summed E-state index contributed by atoms with van der Waals surface area (Å²) >= 11 is 0. The number of aliphatic imine (C=N–C) groups is 1. The lowest BCUT2D eigenvalue weighted by atomic mass is 9.94. The predicted molar refractivity (Wildman–Crippen MR) is 99.4 cm³/mol. The maximum Gasteiger partial charge on any atom is 0.416 e. The van der Waals surface area contributed by atoms with Gasteiger partial charge in [0.15, 0.2) is 0 Å². The first-order valence-electron chi connectivity index (χ1n) is 9.00. The third kappa shape index (κ3) is 3.52. The van der Waals surface area contributed by atoms with Crippen LogP contribution in [0.5, 0.6) is 0 Å². The fraction of sp³-hybridized carbons (Fsp3) is 0.350. The Balaban J connectivity index is 1.71. The highest BCUT2D eigenvalue weighted by Crippen LogP contribution is 2.37. The van der Waals surface area contributed by atoms with E-state index in [0.717, 1.165) is 25.2 Å². The number of benzene rings is 1. The molecule has 8 heteroatoms. The van der Waals surface area contributed by atoms with Crippen LogP contribution < -0.4 is 0 Å². The molecule has 1 fully saturated rings. The SMILES string of the molecule is CN1CCN(C(=O)c2cncc(-c3cc(C(F)(F)F)cc4c3C=NC4)c2)CC1. The zero-order valence-electron chi connectivity index (χ0n) is 15.3. The molecule has 0 spiro atoms. The number of piperazine rings is 1. The van der Waals surface area contributed by atoms with Crippen molar-refractivity contribution in [2.24, 2.45) is 4.99 Å². The monoisotopic (exact) mass is 388 g/mol. The molecule has 1 aromatic heterocycles. The second-order valence-electron chi connectivity index (χ2n) is 7.12. The van der Waals surface area contributed by atoms with E-state index >= 15 is 0 Å². The first-order valence-corrected chi connectivity index (χ1v) is 9.00. The Kier molecular flexibility index (Phi) is 4.66. The number of alkyl halides is 3. The van der Waals surface area contributed by atoms with Gasteiger partial charge in [-0.25, -0.2) is 0 Å². The number of hydrogen-bond acceptors (Lipinski definition) is 4. The molecule has 4 rings (SSSR count). The average molecular weight is 388 g/mol. The van der Waals surface area contributed by atoms with Crippen LogP contribution in [0, 0.1) is 0 Å². The van der Waals surface area contributed by atoms with Crippen molar-refractivity contribution in [3.8, 4) is 11.1 Å². The van der Waals surface area contributed by atoms with Gasteiger partial charge in [-0.15, -0.1) is 0 Å². The minimum atomic E-state index is -4.45. The normalized spacial score (nSPS) is 17.1. The summed E-state index contributed by atoms with van der Waals surface area (Å²) in [6.45, 7) is 3.03. The summed E-state index contributed by atoms with van der Waals surface area (Å²) in [5.41, 5.74) is 1.72. The van der Waals surface area contributed by atoms with Crippen LogP contribution >= 0.6 is 0 Å². The molecule has 0 atom stereocenters. The van der Waals surface area contributed by atoms with Crippen molar-refractivity contribution >= 4 is 12.1 Å². The minimum Gasteiger partial charge on any atom is -0.336 e. The van der Waals surface area contributed by atoms with Crippen molar-refractivity contribution in [2.75, 3.05) is 33.2 Å². The van der Waals surface area contributed by atoms with Gasteiger partial charge in [0.1, 0.15) is 0 Å². The molecule has 2 aromatic rings. The molecule has 0 radical (unpaired) electrons. The Bertz CT molecular complexity index is 947. The number of likely N-dealkylation sites (N-methyl/N-ethyl adjacent to an activating group) is 1. The predicted octanol–water partition coefficient (Wildman–Crippen LogP) is 3.09. The zero-order chi connectivity index (χ0) is 19.9. The molecule has 0 N–H and O–H groups in total. The minimum absolute atomic E-state index is 0.153. The van der Waals surface area contributed by atoms with Crippen LogP contribution in [0.25, 0.3) is 11.1 Å². The lowest BCUT2D eigenvalue weighted by Gasteiger charge is -2.32. The van der Waals surface area contributed by atoms with Crippen LogP contribution in [-0.2, 0) is 12.7 Å². The summed E-state index contributed by atoms with van der Waals surface area (Å²) < 4.78 is 39.9. The Morgan fingerprint density at radius 1 is 1.07 bits per heavy atom. The first-order chi connectivity index (χ1) is 13.3. The molecular weight excluding hydrogens is 369 g/mol. The van der Waals surface area contributed by atoms with Crippen LogP contribution in [0.15, 0.2) is 35.6 Å². The Labute approximate surface area is 160 Å². The highest BCUT2D eigenvalue weighted by atomic mass is 19.4. The van der Waals surface area contributed by atoms with Crippen molar-refractivity contribution in [1.82, 2.24) is 14.8 Å². The average Bonchev–Trinajstić information content (AvgIpc) is 3.15. The zero-order valence-corrected chi connectivity index (χ0v) is 15.3. The van der Waals surface area contributed by atoms with E-state index in [2.05, 4.69) is 14.9 Å². The third-order valence-corrected chi connectivity index (χ3v) is 5.16. The maximum atomic E-state index is 13.3. The van der Waals surface area contributed by atoms with Crippen molar-refractivity contribution in [3.63, 3.8) is 0 Å². The molecule has 0 aliphatic carbocycles. The van der Waals surface area contributed by atoms with Gasteiger partial charge in [0.25, 0.3) is 5.91 Å². The van der Waals surface area contributed by atoms with Gasteiger partial charge in [0.2, 0.25) is 0 Å². The summed E-state index contributed by atoms with van der Waals surface area (Å²) in [5, 5.41) is 0. The van der Waals surface area contributed by atoms with E-state index in [1.54, 1.807) is 17.2 Å². The number of nitrogens with zero attached hydrogens (tertiary/aromatic N) is 4. The maximum absolute atomic E-state index is 13.3. The van der Waals surface area contributed by atoms with E-state index in [4.69, 9.17) is 0 Å². The molecule has 0 bridgehead atoms. The number of amides is 1. The van der Waals surface area contributed by atoms with Crippen LogP contribution in [0.2, 0.25) is 0 Å². The second-order valence-corrected chi connectivity index (χ2v) is 7.12. The number of rotatable bonds is 2. The number of carbonyl (C=O) groups is 1. The number of aromatic nitrogens is 1. The van der Waals surface area contributed by atoms with Crippen molar-refractivity contribution in [3.05, 3.63) is 52.8 Å². The van der Waals surface area contributed by atoms with Crippen molar-refractivity contribution in [2.45, 2.75) is 12.7 Å². The number of pyridine rings is 1. The van der Waals surface area contributed by atoms with Gasteiger partial charge in [-0.3, -0.25) is 14.8 Å². The highest BCUT2D eigenvalue weighted by molar-refractivity contribution is 5.98. The Hall–Kier alpha value is -2.74. The number of halogens is 3. The molecular formula is C20H19F3N4O. The van der Waals surface area contributed by atoms with Crippen LogP contribution in [-0.4, -0.2) is 60.1 Å². The molecule has 28 heavy (non-hydrogen) atoms. The van der Waals surface area contributed by atoms with Gasteiger partial charge in [0, 0.05) is 55.9 Å². The fourth-order valence-electron chi connectivity index (χ4n) is 3.53. The van der Waals surface area contributed by atoms with E-state index in [1.807, 2.05) is 7.05 Å². The third-order valence-electron chi connectivity index (χ3n) is 5.16. The quantitative estimate of drug-likeness (QED) is 0.795. The van der Waals surface area contributed by atoms with Gasteiger partial charge in [-0.2, -0.15) is 13.2 Å². The summed E-state index contributed by atoms with van der Waals surface area (Å²) in [4.78, 5) is 24.9. The molecule has 146 valence electrons. The van der Waals surface area contributed by atoms with Gasteiger partial charge in [-0.1, -0.05) is 0 Å². The van der Waals surface area contributed by atoms with Crippen molar-refractivity contribution in [1.29, 1.82) is 0 Å². The smallest absolute Gasteiger partial charge is 0.336 e. The number of hydrogen-bond donors (Lipinski definition) is 0. The molecule has 1 amide bonds. The Morgan fingerprint density at radius 3 is 2.54 bits per heavy atom. The lowest BCUT2D eigenvalue weighted by molar-refractivity contribution is -0.137. The van der Waals surface area contributed by atoms with Crippen LogP contribution in [0.1, 0.15) is 27.0 Å². The van der Waals surface area contributed by atoms with Gasteiger partial charge in [0.05, 0.1) is 17.7 Å². The molecule has 0 saturated carbocycles. The molecule has 0 unspecified atom stereocenters. The van der Waals surface area contributed by atoms with E-state index in [1.165, 1.54) is 12.4 Å². The Morgan fingerprint density at radius 2 is 1.82 bits per heavy atom. The fourth-order valence-corrected chi connectivity index (χ4v) is 3.53.